The number of aryl methyl sites for hydroxylation is 1. The molecular weight excluding hydrogens is 398 g/mol. The molecule has 1 aliphatic carbocycles. The fourth-order valence-electron chi connectivity index (χ4n) is 6.89. The molecule has 2 bridgehead atoms. The van der Waals surface area contributed by atoms with Gasteiger partial charge in [0, 0.05) is 30.1 Å². The Morgan fingerprint density at radius 2 is 1.69 bits per heavy atom. The van der Waals surface area contributed by atoms with Crippen molar-refractivity contribution in [2.24, 2.45) is 5.41 Å². The number of fused-ring (bicyclic) bond motifs is 1. The molecule has 2 aromatic rings. The van der Waals surface area contributed by atoms with Crippen molar-refractivity contribution in [3.05, 3.63) is 65.5 Å². The van der Waals surface area contributed by atoms with Crippen LogP contribution in [0.3, 0.4) is 0 Å². The molecule has 1 aromatic heterocycles. The molecule has 3 heterocycles. The van der Waals surface area contributed by atoms with Crippen molar-refractivity contribution < 1.29 is 9.59 Å². The molecule has 0 N–H and O–H groups in total. The summed E-state index contributed by atoms with van der Waals surface area (Å²) in [4.78, 5) is 35.9. The second-order valence-corrected chi connectivity index (χ2v) is 10.2. The Labute approximate surface area is 190 Å². The van der Waals surface area contributed by atoms with E-state index in [1.54, 1.807) is 6.92 Å². The van der Waals surface area contributed by atoms with Gasteiger partial charge in [-0.3, -0.25) is 9.59 Å². The zero-order valence-corrected chi connectivity index (χ0v) is 19.3. The minimum atomic E-state index is -0.0699. The number of likely N-dealkylation sites (tertiary alicyclic amines) is 2. The number of carbonyl (C=O) groups is 2. The van der Waals surface area contributed by atoms with E-state index in [9.17, 15) is 9.59 Å². The first kappa shape index (κ1) is 21.2. The number of benzene rings is 1. The van der Waals surface area contributed by atoms with Crippen LogP contribution in [0.1, 0.15) is 67.7 Å². The number of amides is 2. The number of carbonyl (C=O) groups excluding carboxylic acids is 2. The molecule has 5 heteroatoms. The van der Waals surface area contributed by atoms with Gasteiger partial charge in [-0.25, -0.2) is 4.98 Å². The van der Waals surface area contributed by atoms with Crippen LogP contribution in [-0.4, -0.2) is 50.8 Å². The molecule has 168 valence electrons. The average Bonchev–Trinajstić information content (AvgIpc) is 2.93. The molecule has 0 spiro atoms. The lowest BCUT2D eigenvalue weighted by Crippen LogP contribution is -2.62. The van der Waals surface area contributed by atoms with Crippen LogP contribution in [0.25, 0.3) is 0 Å². The lowest BCUT2D eigenvalue weighted by molar-refractivity contribution is -0.132. The highest BCUT2D eigenvalue weighted by Gasteiger charge is 2.63. The predicted octanol–water partition coefficient (Wildman–Crippen LogP) is 4.40. The molecule has 5 atom stereocenters. The minimum absolute atomic E-state index is 0.0154. The highest BCUT2D eigenvalue weighted by molar-refractivity contribution is 5.93. The molecule has 2 amide bonds. The summed E-state index contributed by atoms with van der Waals surface area (Å²) in [5.41, 5.74) is 2.51. The third-order valence-electron chi connectivity index (χ3n) is 8.20. The summed E-state index contributed by atoms with van der Waals surface area (Å²) in [6, 6.07) is 16.4. The van der Waals surface area contributed by atoms with Crippen molar-refractivity contribution in [2.75, 3.05) is 0 Å². The van der Waals surface area contributed by atoms with E-state index in [4.69, 9.17) is 0 Å². The third kappa shape index (κ3) is 3.33. The van der Waals surface area contributed by atoms with Gasteiger partial charge in [-0.15, -0.1) is 0 Å². The molecule has 3 aliphatic rings. The Kier molecular flexibility index (Phi) is 5.31. The van der Waals surface area contributed by atoms with E-state index in [-0.39, 0.29) is 41.4 Å². The van der Waals surface area contributed by atoms with Gasteiger partial charge < -0.3 is 9.80 Å². The Bertz CT molecular complexity index is 1020. The SMILES string of the molecule is CC(=O)N1[C@H]2CCCC[C@H]3N(C(=O)c4cccc(C)n4)[C@H](Cc4ccccc4)[C@@H]1C[C@@]23C. The summed E-state index contributed by atoms with van der Waals surface area (Å²) in [5, 5.41) is 0. The smallest absolute Gasteiger partial charge is 0.273 e. The second-order valence-electron chi connectivity index (χ2n) is 10.2. The molecule has 0 unspecified atom stereocenters. The number of nitrogens with zero attached hydrogens (tertiary/aromatic N) is 3. The summed E-state index contributed by atoms with van der Waals surface area (Å²) < 4.78 is 0. The molecule has 2 aliphatic heterocycles. The van der Waals surface area contributed by atoms with Crippen LogP contribution < -0.4 is 0 Å². The standard InChI is InChI=1S/C27H33N3O2/c1-18-10-9-13-21(28-18)26(32)30-22(16-20-11-5-4-6-12-20)23-17-27(3)24(29(23)19(2)31)14-7-8-15-25(27)30/h4-6,9-13,22-25H,7-8,14-17H2,1-3H3/t22-,23+,24+,25-,27+/m1/s1. The summed E-state index contributed by atoms with van der Waals surface area (Å²) >= 11 is 0. The Balaban J connectivity index is 1.64. The van der Waals surface area contributed by atoms with Crippen LogP contribution in [0.2, 0.25) is 0 Å². The Hall–Kier alpha value is -2.69. The summed E-state index contributed by atoms with van der Waals surface area (Å²) in [6.07, 6.45) is 5.97. The van der Waals surface area contributed by atoms with Gasteiger partial charge in [0.15, 0.2) is 0 Å². The lowest BCUT2D eigenvalue weighted by Gasteiger charge is -2.50. The van der Waals surface area contributed by atoms with Crippen molar-refractivity contribution >= 4 is 11.8 Å². The molecule has 3 fully saturated rings. The van der Waals surface area contributed by atoms with Crippen molar-refractivity contribution in [1.29, 1.82) is 0 Å². The highest BCUT2D eigenvalue weighted by Crippen LogP contribution is 2.55. The molecule has 1 aromatic carbocycles. The highest BCUT2D eigenvalue weighted by atomic mass is 16.2. The van der Waals surface area contributed by atoms with Crippen molar-refractivity contribution in [1.82, 2.24) is 14.8 Å². The zero-order chi connectivity index (χ0) is 22.5. The Morgan fingerprint density at radius 1 is 1.00 bits per heavy atom. The van der Waals surface area contributed by atoms with Crippen LogP contribution in [-0.2, 0) is 11.2 Å². The molecular formula is C27H33N3O2. The minimum Gasteiger partial charge on any atom is -0.334 e. The predicted molar refractivity (Wildman–Crippen MR) is 124 cm³/mol. The quantitative estimate of drug-likeness (QED) is 0.724. The Morgan fingerprint density at radius 3 is 2.34 bits per heavy atom. The van der Waals surface area contributed by atoms with Crippen molar-refractivity contribution in [3.63, 3.8) is 0 Å². The average molecular weight is 432 g/mol. The maximum atomic E-state index is 14.1. The van der Waals surface area contributed by atoms with Crippen molar-refractivity contribution in [2.45, 2.75) is 83.5 Å². The fraction of sp³-hybridized carbons (Fsp3) is 0.519. The number of aromatic nitrogens is 1. The first-order valence-electron chi connectivity index (χ1n) is 12.0. The van der Waals surface area contributed by atoms with Crippen LogP contribution in [0, 0.1) is 12.3 Å². The maximum Gasteiger partial charge on any atom is 0.273 e. The fourth-order valence-corrected chi connectivity index (χ4v) is 6.89. The molecule has 0 radical (unpaired) electrons. The van der Waals surface area contributed by atoms with Gasteiger partial charge in [0.05, 0.1) is 12.1 Å². The van der Waals surface area contributed by atoms with Gasteiger partial charge in [0.25, 0.3) is 5.91 Å². The van der Waals surface area contributed by atoms with Gasteiger partial charge in [-0.2, -0.15) is 0 Å². The van der Waals surface area contributed by atoms with Crippen LogP contribution in [0.4, 0.5) is 0 Å². The van der Waals surface area contributed by atoms with E-state index in [0.717, 1.165) is 44.2 Å². The van der Waals surface area contributed by atoms with Crippen molar-refractivity contribution in [3.8, 4) is 0 Å². The molecule has 5 nitrogen and oxygen atoms in total. The van der Waals surface area contributed by atoms with Gasteiger partial charge in [0.2, 0.25) is 5.91 Å². The van der Waals surface area contributed by atoms with E-state index < -0.39 is 0 Å². The second kappa shape index (κ2) is 8.02. The molecule has 1 saturated carbocycles. The molecule has 32 heavy (non-hydrogen) atoms. The topological polar surface area (TPSA) is 53.5 Å². The van der Waals surface area contributed by atoms with E-state index >= 15 is 0 Å². The largest absolute Gasteiger partial charge is 0.334 e. The summed E-state index contributed by atoms with van der Waals surface area (Å²) in [5.74, 6) is 0.159. The van der Waals surface area contributed by atoms with Gasteiger partial charge in [-0.1, -0.05) is 56.2 Å². The number of hydrogen-bond donors (Lipinski definition) is 0. The first-order chi connectivity index (χ1) is 15.4. The number of piperidine rings is 1. The molecule has 5 rings (SSSR count). The third-order valence-corrected chi connectivity index (χ3v) is 8.20. The number of hydrogen-bond acceptors (Lipinski definition) is 3. The van der Waals surface area contributed by atoms with Crippen LogP contribution in [0.15, 0.2) is 48.5 Å². The van der Waals surface area contributed by atoms with E-state index in [2.05, 4.69) is 46.0 Å². The summed E-state index contributed by atoms with van der Waals surface area (Å²) in [7, 11) is 0. The van der Waals surface area contributed by atoms with Gasteiger partial charge in [-0.05, 0) is 50.3 Å². The monoisotopic (exact) mass is 431 g/mol. The van der Waals surface area contributed by atoms with Gasteiger partial charge in [0.1, 0.15) is 5.69 Å². The van der Waals surface area contributed by atoms with Gasteiger partial charge >= 0.3 is 0 Å². The molecule has 2 saturated heterocycles. The lowest BCUT2D eigenvalue weighted by atomic mass is 9.69. The van der Waals surface area contributed by atoms with E-state index in [0.29, 0.717) is 5.69 Å². The number of pyridine rings is 1. The normalized spacial score (nSPS) is 31.3. The number of rotatable bonds is 3. The summed E-state index contributed by atoms with van der Waals surface area (Å²) in [6.45, 7) is 5.96. The van der Waals surface area contributed by atoms with E-state index in [1.165, 1.54) is 5.56 Å². The zero-order valence-electron chi connectivity index (χ0n) is 19.3. The maximum absolute atomic E-state index is 14.1. The van der Waals surface area contributed by atoms with E-state index in [1.807, 2.05) is 31.2 Å². The van der Waals surface area contributed by atoms with Crippen LogP contribution >= 0.6 is 0 Å². The van der Waals surface area contributed by atoms with Crippen LogP contribution in [0.5, 0.6) is 0 Å². The first-order valence-corrected chi connectivity index (χ1v) is 12.0.